The third kappa shape index (κ3) is 4.12. The summed E-state index contributed by atoms with van der Waals surface area (Å²) in [6.07, 6.45) is 1.84. The van der Waals surface area contributed by atoms with Gasteiger partial charge in [-0.05, 0) is 31.7 Å². The highest BCUT2D eigenvalue weighted by Crippen LogP contribution is 2.16. The first kappa shape index (κ1) is 17.3. The summed E-state index contributed by atoms with van der Waals surface area (Å²) in [4.78, 5) is 18.3. The molecule has 0 spiro atoms. The molecular formula is C16H24N8O. The SMILES string of the molecule is CNOC(=N)c1nc(C)n(Cc2ccnc(N3CCN(C)CC3)c2)n1. The van der Waals surface area contributed by atoms with E-state index in [1.54, 1.807) is 11.7 Å². The summed E-state index contributed by atoms with van der Waals surface area (Å²) in [7, 11) is 3.73. The second-order valence-corrected chi connectivity index (χ2v) is 6.09. The standard InChI is InChI=1S/C16H24N8O/c1-12-20-16(15(17)25-18-2)21-24(12)11-13-4-5-19-14(10-13)23-8-6-22(3)7-9-23/h4-5,10,17-18H,6-9,11H2,1-3H3. The number of aromatic nitrogens is 4. The molecule has 134 valence electrons. The van der Waals surface area contributed by atoms with Crippen molar-refractivity contribution in [2.24, 2.45) is 0 Å². The zero-order valence-electron chi connectivity index (χ0n) is 14.9. The van der Waals surface area contributed by atoms with Crippen LogP contribution in [0, 0.1) is 12.3 Å². The van der Waals surface area contributed by atoms with Crippen molar-refractivity contribution in [2.75, 3.05) is 45.2 Å². The van der Waals surface area contributed by atoms with Gasteiger partial charge in [-0.25, -0.2) is 14.6 Å². The molecule has 2 N–H and O–H groups in total. The molecule has 0 aliphatic carbocycles. The van der Waals surface area contributed by atoms with Gasteiger partial charge in [-0.3, -0.25) is 5.41 Å². The number of piperazine rings is 1. The van der Waals surface area contributed by atoms with Crippen molar-refractivity contribution in [3.8, 4) is 0 Å². The van der Waals surface area contributed by atoms with Gasteiger partial charge in [0.25, 0.3) is 5.90 Å². The number of nitrogens with one attached hydrogen (secondary N) is 2. The van der Waals surface area contributed by atoms with Crippen molar-refractivity contribution in [3.05, 3.63) is 35.5 Å². The molecule has 2 aromatic rings. The Morgan fingerprint density at radius 2 is 2.08 bits per heavy atom. The molecule has 0 bridgehead atoms. The Labute approximate surface area is 147 Å². The minimum Gasteiger partial charge on any atom is -0.385 e. The summed E-state index contributed by atoms with van der Waals surface area (Å²) < 4.78 is 1.77. The second-order valence-electron chi connectivity index (χ2n) is 6.09. The highest BCUT2D eigenvalue weighted by atomic mass is 16.6. The molecule has 1 aliphatic heterocycles. The average Bonchev–Trinajstić information content (AvgIpc) is 2.97. The Hall–Kier alpha value is -2.52. The predicted molar refractivity (Wildman–Crippen MR) is 94.8 cm³/mol. The van der Waals surface area contributed by atoms with Crippen molar-refractivity contribution in [1.82, 2.24) is 30.1 Å². The Morgan fingerprint density at radius 3 is 2.80 bits per heavy atom. The first-order valence-electron chi connectivity index (χ1n) is 8.29. The molecule has 3 heterocycles. The van der Waals surface area contributed by atoms with Crippen LogP contribution in [0.1, 0.15) is 17.2 Å². The molecule has 25 heavy (non-hydrogen) atoms. The maximum atomic E-state index is 7.76. The summed E-state index contributed by atoms with van der Waals surface area (Å²) in [6.45, 7) is 6.51. The highest BCUT2D eigenvalue weighted by Gasteiger charge is 2.16. The third-order valence-corrected chi connectivity index (χ3v) is 4.23. The summed E-state index contributed by atoms with van der Waals surface area (Å²) >= 11 is 0. The van der Waals surface area contributed by atoms with Gasteiger partial charge in [-0.1, -0.05) is 0 Å². The van der Waals surface area contributed by atoms with E-state index in [2.05, 4.69) is 43.5 Å². The monoisotopic (exact) mass is 344 g/mol. The number of hydrogen-bond acceptors (Lipinski definition) is 8. The lowest BCUT2D eigenvalue weighted by molar-refractivity contribution is 0.206. The van der Waals surface area contributed by atoms with Gasteiger partial charge in [-0.15, -0.1) is 5.10 Å². The van der Waals surface area contributed by atoms with E-state index in [0.29, 0.717) is 6.54 Å². The Balaban J connectivity index is 1.73. The maximum Gasteiger partial charge on any atom is 0.277 e. The molecule has 9 nitrogen and oxygen atoms in total. The Kier molecular flexibility index (Phi) is 5.25. The highest BCUT2D eigenvalue weighted by molar-refractivity contribution is 5.87. The van der Waals surface area contributed by atoms with Crippen LogP contribution in [0.2, 0.25) is 0 Å². The first-order chi connectivity index (χ1) is 12.1. The molecular weight excluding hydrogens is 320 g/mol. The molecule has 1 saturated heterocycles. The molecule has 1 aliphatic rings. The number of likely N-dealkylation sites (N-methyl/N-ethyl adjacent to an activating group) is 1. The molecule has 0 saturated carbocycles. The minimum absolute atomic E-state index is 0.0998. The van der Waals surface area contributed by atoms with E-state index < -0.39 is 0 Å². The largest absolute Gasteiger partial charge is 0.385 e. The number of nitrogens with zero attached hydrogens (tertiary/aromatic N) is 6. The molecule has 0 radical (unpaired) electrons. The number of anilines is 1. The van der Waals surface area contributed by atoms with Crippen molar-refractivity contribution in [2.45, 2.75) is 13.5 Å². The number of aryl methyl sites for hydroxylation is 1. The summed E-state index contributed by atoms with van der Waals surface area (Å²) in [5, 5.41) is 12.1. The third-order valence-electron chi connectivity index (χ3n) is 4.23. The van der Waals surface area contributed by atoms with Gasteiger partial charge < -0.3 is 14.6 Å². The van der Waals surface area contributed by atoms with Crippen molar-refractivity contribution in [3.63, 3.8) is 0 Å². The van der Waals surface area contributed by atoms with Crippen LogP contribution in [-0.2, 0) is 11.4 Å². The van der Waals surface area contributed by atoms with Gasteiger partial charge in [0.15, 0.2) is 0 Å². The molecule has 1 fully saturated rings. The molecule has 0 aromatic carbocycles. The molecule has 9 heteroatoms. The lowest BCUT2D eigenvalue weighted by Gasteiger charge is -2.33. The van der Waals surface area contributed by atoms with E-state index >= 15 is 0 Å². The van der Waals surface area contributed by atoms with Crippen LogP contribution in [0.4, 0.5) is 5.82 Å². The molecule has 0 unspecified atom stereocenters. The smallest absolute Gasteiger partial charge is 0.277 e. The van der Waals surface area contributed by atoms with E-state index in [4.69, 9.17) is 10.2 Å². The average molecular weight is 344 g/mol. The summed E-state index contributed by atoms with van der Waals surface area (Å²) in [5.74, 6) is 1.89. The first-order valence-corrected chi connectivity index (χ1v) is 8.29. The summed E-state index contributed by atoms with van der Waals surface area (Å²) in [5.41, 5.74) is 3.56. The van der Waals surface area contributed by atoms with Gasteiger partial charge >= 0.3 is 0 Å². The van der Waals surface area contributed by atoms with Crippen LogP contribution in [0.15, 0.2) is 18.3 Å². The van der Waals surface area contributed by atoms with Crippen LogP contribution < -0.4 is 10.4 Å². The zero-order valence-corrected chi connectivity index (χ0v) is 14.9. The molecule has 3 rings (SSSR count). The van der Waals surface area contributed by atoms with Gasteiger partial charge in [0.2, 0.25) is 5.82 Å². The van der Waals surface area contributed by atoms with Crippen molar-refractivity contribution in [1.29, 1.82) is 5.41 Å². The van der Waals surface area contributed by atoms with Gasteiger partial charge in [-0.2, -0.15) is 5.48 Å². The topological polar surface area (TPSA) is 95.2 Å². The fourth-order valence-electron chi connectivity index (χ4n) is 2.75. The Bertz CT molecular complexity index is 735. The zero-order chi connectivity index (χ0) is 17.8. The molecule has 0 amide bonds. The van der Waals surface area contributed by atoms with Crippen LogP contribution in [0.3, 0.4) is 0 Å². The summed E-state index contributed by atoms with van der Waals surface area (Å²) in [6, 6.07) is 4.08. The molecule has 2 aromatic heterocycles. The van der Waals surface area contributed by atoms with Gasteiger partial charge in [0.05, 0.1) is 6.54 Å². The number of hydrogen-bond donors (Lipinski definition) is 2. The fraction of sp³-hybridized carbons (Fsp3) is 0.500. The normalized spacial score (nSPS) is 15.4. The fourth-order valence-corrected chi connectivity index (χ4v) is 2.75. The second kappa shape index (κ2) is 7.58. The van der Waals surface area contributed by atoms with Crippen molar-refractivity contribution >= 4 is 11.7 Å². The molecule has 0 atom stereocenters. The minimum atomic E-state index is -0.0998. The quantitative estimate of drug-likeness (QED) is 0.456. The number of hydroxylamine groups is 1. The van der Waals surface area contributed by atoms with Crippen molar-refractivity contribution < 1.29 is 4.84 Å². The predicted octanol–water partition coefficient (Wildman–Crippen LogP) is 0.258. The Morgan fingerprint density at radius 1 is 1.32 bits per heavy atom. The van der Waals surface area contributed by atoms with E-state index in [9.17, 15) is 0 Å². The van der Waals surface area contributed by atoms with Gasteiger partial charge in [0, 0.05) is 39.4 Å². The van der Waals surface area contributed by atoms with Gasteiger partial charge in [0.1, 0.15) is 11.6 Å². The number of rotatable bonds is 5. The van der Waals surface area contributed by atoms with E-state index in [0.717, 1.165) is 43.4 Å². The van der Waals surface area contributed by atoms with E-state index in [-0.39, 0.29) is 11.7 Å². The van der Waals surface area contributed by atoms with Crippen LogP contribution in [0.25, 0.3) is 0 Å². The lowest BCUT2D eigenvalue weighted by Crippen LogP contribution is -2.44. The number of pyridine rings is 1. The lowest BCUT2D eigenvalue weighted by atomic mass is 10.2. The van der Waals surface area contributed by atoms with E-state index in [1.165, 1.54) is 0 Å². The van der Waals surface area contributed by atoms with Crippen LogP contribution in [-0.4, -0.2) is 70.8 Å². The van der Waals surface area contributed by atoms with Crippen LogP contribution in [0.5, 0.6) is 0 Å². The van der Waals surface area contributed by atoms with Crippen LogP contribution >= 0.6 is 0 Å². The maximum absolute atomic E-state index is 7.76. The van der Waals surface area contributed by atoms with E-state index in [1.807, 2.05) is 19.2 Å².